The summed E-state index contributed by atoms with van der Waals surface area (Å²) in [5, 5.41) is 12.5. The molecule has 1 heterocycles. The van der Waals surface area contributed by atoms with Crippen LogP contribution in [0.2, 0.25) is 0 Å². The number of hydrogen-bond donors (Lipinski definition) is 2. The van der Waals surface area contributed by atoms with E-state index in [0.29, 0.717) is 18.2 Å². The molecule has 0 amide bonds. The molecular formula is C10H20N4O2S. The molecule has 0 saturated carbocycles. The molecular weight excluding hydrogens is 240 g/mol. The van der Waals surface area contributed by atoms with Crippen molar-refractivity contribution in [3.8, 4) is 0 Å². The van der Waals surface area contributed by atoms with Crippen LogP contribution in [0.1, 0.15) is 32.3 Å². The Morgan fingerprint density at radius 3 is 2.53 bits per heavy atom. The van der Waals surface area contributed by atoms with Gasteiger partial charge in [0, 0.05) is 25.2 Å². The molecule has 1 aromatic rings. The fraction of sp³-hybridized carbons (Fsp3) is 0.700. The lowest BCUT2D eigenvalue weighted by Crippen LogP contribution is -2.28. The van der Waals surface area contributed by atoms with Crippen LogP contribution >= 0.6 is 0 Å². The molecule has 0 aromatic carbocycles. The van der Waals surface area contributed by atoms with Gasteiger partial charge in [-0.1, -0.05) is 13.8 Å². The minimum atomic E-state index is -3.72. The summed E-state index contributed by atoms with van der Waals surface area (Å²) in [6, 6.07) is 0.378. The Morgan fingerprint density at radius 1 is 1.47 bits per heavy atom. The van der Waals surface area contributed by atoms with Gasteiger partial charge in [0.25, 0.3) is 10.0 Å². The third-order valence-corrected chi connectivity index (χ3v) is 3.86. The van der Waals surface area contributed by atoms with Gasteiger partial charge < -0.3 is 5.32 Å². The van der Waals surface area contributed by atoms with Crippen molar-refractivity contribution in [2.24, 2.45) is 12.2 Å². The van der Waals surface area contributed by atoms with E-state index >= 15 is 0 Å². The second kappa shape index (κ2) is 5.61. The van der Waals surface area contributed by atoms with E-state index in [0.717, 1.165) is 12.8 Å². The number of nitrogens with one attached hydrogen (secondary N) is 1. The number of nitrogens with two attached hydrogens (primary N) is 1. The van der Waals surface area contributed by atoms with E-state index in [1.165, 1.54) is 10.9 Å². The Morgan fingerprint density at radius 2 is 2.06 bits per heavy atom. The van der Waals surface area contributed by atoms with Crippen LogP contribution in [0.4, 0.5) is 0 Å². The molecule has 6 nitrogen and oxygen atoms in total. The van der Waals surface area contributed by atoms with E-state index in [9.17, 15) is 8.42 Å². The zero-order valence-electron chi connectivity index (χ0n) is 10.5. The van der Waals surface area contributed by atoms with Gasteiger partial charge in [-0.2, -0.15) is 5.10 Å². The molecule has 0 radical (unpaired) electrons. The highest BCUT2D eigenvalue weighted by molar-refractivity contribution is 7.89. The van der Waals surface area contributed by atoms with Gasteiger partial charge in [0.2, 0.25) is 0 Å². The first-order chi connectivity index (χ1) is 7.90. The minimum absolute atomic E-state index is 0.0796. The third-order valence-electron chi connectivity index (χ3n) is 2.79. The quantitative estimate of drug-likeness (QED) is 0.772. The molecule has 1 aromatic heterocycles. The second-order valence-corrected chi connectivity index (χ2v) is 5.51. The van der Waals surface area contributed by atoms with Crippen molar-refractivity contribution in [3.05, 3.63) is 11.8 Å². The molecule has 98 valence electrons. The van der Waals surface area contributed by atoms with Crippen LogP contribution in [0.5, 0.6) is 0 Å². The average molecular weight is 260 g/mol. The molecule has 0 atom stereocenters. The van der Waals surface area contributed by atoms with Crippen LogP contribution in [0.15, 0.2) is 11.2 Å². The molecule has 17 heavy (non-hydrogen) atoms. The molecule has 0 spiro atoms. The fourth-order valence-electron chi connectivity index (χ4n) is 1.79. The first-order valence-electron chi connectivity index (χ1n) is 5.67. The highest BCUT2D eigenvalue weighted by Gasteiger charge is 2.19. The number of aromatic nitrogens is 2. The van der Waals surface area contributed by atoms with Gasteiger partial charge in [0.1, 0.15) is 0 Å². The summed E-state index contributed by atoms with van der Waals surface area (Å²) in [4.78, 5) is 0. The van der Waals surface area contributed by atoms with E-state index in [2.05, 4.69) is 24.3 Å². The number of aryl methyl sites for hydroxylation is 1. The molecule has 0 saturated heterocycles. The third kappa shape index (κ3) is 3.52. The highest BCUT2D eigenvalue weighted by Crippen LogP contribution is 2.13. The standard InChI is InChI=1S/C10H20N4O2S/c1-4-9(5-2)12-6-8-7-13-14(3)10(8)17(11,15)16/h7,9,12H,4-6H2,1-3H3,(H2,11,15,16). The smallest absolute Gasteiger partial charge is 0.255 e. The van der Waals surface area contributed by atoms with E-state index in [1.54, 1.807) is 7.05 Å². The van der Waals surface area contributed by atoms with Gasteiger partial charge in [0.05, 0.1) is 6.20 Å². The SMILES string of the molecule is CCC(CC)NCc1cnn(C)c1S(N)(=O)=O. The van der Waals surface area contributed by atoms with Crippen LogP contribution in [0, 0.1) is 0 Å². The lowest BCUT2D eigenvalue weighted by atomic mass is 10.1. The van der Waals surface area contributed by atoms with Gasteiger partial charge in [-0.25, -0.2) is 13.6 Å². The van der Waals surface area contributed by atoms with Crippen molar-refractivity contribution in [3.63, 3.8) is 0 Å². The van der Waals surface area contributed by atoms with Gasteiger partial charge in [-0.05, 0) is 12.8 Å². The van der Waals surface area contributed by atoms with Crippen molar-refractivity contribution in [1.29, 1.82) is 0 Å². The molecule has 0 aliphatic rings. The van der Waals surface area contributed by atoms with Gasteiger partial charge in [0.15, 0.2) is 5.03 Å². The summed E-state index contributed by atoms with van der Waals surface area (Å²) in [6.45, 7) is 4.64. The highest BCUT2D eigenvalue weighted by atomic mass is 32.2. The summed E-state index contributed by atoms with van der Waals surface area (Å²) in [7, 11) is -2.15. The lowest BCUT2D eigenvalue weighted by Gasteiger charge is -2.14. The van der Waals surface area contributed by atoms with E-state index in [1.807, 2.05) is 0 Å². The van der Waals surface area contributed by atoms with Crippen molar-refractivity contribution < 1.29 is 8.42 Å². The summed E-state index contributed by atoms with van der Waals surface area (Å²) < 4.78 is 24.1. The first kappa shape index (κ1) is 14.1. The summed E-state index contributed by atoms with van der Waals surface area (Å²) >= 11 is 0. The van der Waals surface area contributed by atoms with Crippen LogP contribution in [-0.2, 0) is 23.6 Å². The Balaban J connectivity index is 2.86. The fourth-order valence-corrected chi connectivity index (χ4v) is 2.70. The van der Waals surface area contributed by atoms with Crippen LogP contribution < -0.4 is 10.5 Å². The molecule has 0 unspecified atom stereocenters. The number of primary sulfonamides is 1. The Hall–Kier alpha value is -0.920. The molecule has 0 aliphatic carbocycles. The Bertz CT molecular complexity index is 463. The van der Waals surface area contributed by atoms with Crippen molar-refractivity contribution in [2.45, 2.75) is 44.3 Å². The van der Waals surface area contributed by atoms with Gasteiger partial charge in [-0.3, -0.25) is 4.68 Å². The zero-order chi connectivity index (χ0) is 13.1. The van der Waals surface area contributed by atoms with Crippen LogP contribution in [0.3, 0.4) is 0 Å². The molecule has 3 N–H and O–H groups in total. The Labute approximate surface area is 102 Å². The predicted octanol–water partition coefficient (Wildman–Crippen LogP) is 0.346. The predicted molar refractivity (Wildman–Crippen MR) is 65.8 cm³/mol. The summed E-state index contributed by atoms with van der Waals surface area (Å²) in [5.74, 6) is 0. The average Bonchev–Trinajstić information content (AvgIpc) is 2.61. The maximum atomic E-state index is 11.4. The van der Waals surface area contributed by atoms with E-state index < -0.39 is 10.0 Å². The first-order valence-corrected chi connectivity index (χ1v) is 7.21. The minimum Gasteiger partial charge on any atom is -0.310 e. The largest absolute Gasteiger partial charge is 0.310 e. The monoisotopic (exact) mass is 260 g/mol. The van der Waals surface area contributed by atoms with Crippen LogP contribution in [0.25, 0.3) is 0 Å². The Kier molecular flexibility index (Phi) is 4.67. The van der Waals surface area contributed by atoms with Gasteiger partial charge in [-0.15, -0.1) is 0 Å². The van der Waals surface area contributed by atoms with Crippen molar-refractivity contribution in [2.75, 3.05) is 0 Å². The van der Waals surface area contributed by atoms with Crippen molar-refractivity contribution in [1.82, 2.24) is 15.1 Å². The number of sulfonamides is 1. The lowest BCUT2D eigenvalue weighted by molar-refractivity contribution is 0.479. The number of hydrogen-bond acceptors (Lipinski definition) is 4. The van der Waals surface area contributed by atoms with Gasteiger partial charge >= 0.3 is 0 Å². The number of nitrogens with zero attached hydrogens (tertiary/aromatic N) is 2. The molecule has 0 fully saturated rings. The molecule has 7 heteroatoms. The maximum absolute atomic E-state index is 11.4. The molecule has 0 bridgehead atoms. The topological polar surface area (TPSA) is 90.0 Å². The van der Waals surface area contributed by atoms with E-state index in [-0.39, 0.29) is 5.03 Å². The second-order valence-electron chi connectivity index (χ2n) is 4.04. The van der Waals surface area contributed by atoms with Crippen LogP contribution in [-0.4, -0.2) is 24.2 Å². The summed E-state index contributed by atoms with van der Waals surface area (Å²) in [6.07, 6.45) is 3.54. The molecule has 0 aliphatic heterocycles. The molecule has 1 rings (SSSR count). The number of rotatable bonds is 6. The van der Waals surface area contributed by atoms with Crippen molar-refractivity contribution >= 4 is 10.0 Å². The maximum Gasteiger partial charge on any atom is 0.255 e. The normalized spacial score (nSPS) is 12.3. The zero-order valence-corrected chi connectivity index (χ0v) is 11.3. The van der Waals surface area contributed by atoms with E-state index in [4.69, 9.17) is 5.14 Å². The summed E-state index contributed by atoms with van der Waals surface area (Å²) in [5.41, 5.74) is 0.613.